The van der Waals surface area contributed by atoms with Crippen molar-refractivity contribution in [2.75, 3.05) is 5.32 Å². The van der Waals surface area contributed by atoms with Crippen LogP contribution in [0.25, 0.3) is 0 Å². The van der Waals surface area contributed by atoms with Crippen molar-refractivity contribution in [2.24, 2.45) is 10.8 Å². The van der Waals surface area contributed by atoms with E-state index in [-0.39, 0.29) is 17.7 Å². The van der Waals surface area contributed by atoms with Crippen LogP contribution in [0.15, 0.2) is 17.1 Å². The molecule has 0 atom stereocenters. The minimum absolute atomic E-state index is 0.0127. The maximum Gasteiger partial charge on any atom is 0.210 e. The molecule has 0 amide bonds. The molecule has 0 aliphatic carbocycles. The van der Waals surface area contributed by atoms with Gasteiger partial charge in [-0.1, -0.05) is 0 Å². The number of nitrogens with one attached hydrogen (secondary N) is 2. The Morgan fingerprint density at radius 3 is 2.18 bits per heavy atom. The number of halogens is 3. The predicted octanol–water partition coefficient (Wildman–Crippen LogP) is 1.74. The van der Waals surface area contributed by atoms with Crippen LogP contribution in [0.1, 0.15) is 13.8 Å². The molecular formula is C10H13F3N4. The highest BCUT2D eigenvalue weighted by Gasteiger charge is 2.11. The van der Waals surface area contributed by atoms with E-state index in [1.807, 2.05) is 0 Å². The first-order valence-corrected chi connectivity index (χ1v) is 4.90. The van der Waals surface area contributed by atoms with Gasteiger partial charge in [-0.25, -0.2) is 24.0 Å². The second kappa shape index (κ2) is 5.53. The SMILES string of the molecule is CC(C)N=C(NN)Nc1cc(F)c(F)c(F)c1. The van der Waals surface area contributed by atoms with Crippen LogP contribution in [0.2, 0.25) is 0 Å². The molecule has 0 bridgehead atoms. The average molecular weight is 246 g/mol. The van der Waals surface area contributed by atoms with E-state index in [2.05, 4.69) is 15.7 Å². The van der Waals surface area contributed by atoms with Gasteiger partial charge in [0.15, 0.2) is 17.5 Å². The van der Waals surface area contributed by atoms with E-state index in [1.54, 1.807) is 13.8 Å². The zero-order valence-electron chi connectivity index (χ0n) is 9.39. The number of aliphatic imine (C=N–C) groups is 1. The van der Waals surface area contributed by atoms with Crippen molar-refractivity contribution in [3.05, 3.63) is 29.6 Å². The number of hydrogen-bond donors (Lipinski definition) is 3. The van der Waals surface area contributed by atoms with Gasteiger partial charge in [0.2, 0.25) is 5.96 Å². The van der Waals surface area contributed by atoms with E-state index in [1.165, 1.54) is 0 Å². The molecule has 0 heterocycles. The third-order valence-corrected chi connectivity index (χ3v) is 1.77. The van der Waals surface area contributed by atoms with Crippen molar-refractivity contribution in [1.82, 2.24) is 5.43 Å². The van der Waals surface area contributed by atoms with Crippen molar-refractivity contribution in [1.29, 1.82) is 0 Å². The third-order valence-electron chi connectivity index (χ3n) is 1.77. The first-order valence-electron chi connectivity index (χ1n) is 4.90. The van der Waals surface area contributed by atoms with Crippen LogP contribution >= 0.6 is 0 Å². The van der Waals surface area contributed by atoms with Gasteiger partial charge in [0, 0.05) is 23.9 Å². The molecule has 0 aliphatic heterocycles. The lowest BCUT2D eigenvalue weighted by Crippen LogP contribution is -2.37. The van der Waals surface area contributed by atoms with Gasteiger partial charge in [0.05, 0.1) is 0 Å². The number of anilines is 1. The summed E-state index contributed by atoms with van der Waals surface area (Å²) in [5.41, 5.74) is 2.25. The highest BCUT2D eigenvalue weighted by Crippen LogP contribution is 2.17. The predicted molar refractivity (Wildman–Crippen MR) is 59.8 cm³/mol. The van der Waals surface area contributed by atoms with Crippen LogP contribution in [-0.2, 0) is 0 Å². The maximum absolute atomic E-state index is 12.9. The molecule has 0 aromatic heterocycles. The number of rotatable bonds is 2. The van der Waals surface area contributed by atoms with Gasteiger partial charge in [-0.3, -0.25) is 5.43 Å². The first-order chi connectivity index (χ1) is 7.93. The molecule has 0 unspecified atom stereocenters. The quantitative estimate of drug-likeness (QED) is 0.245. The Morgan fingerprint density at radius 1 is 1.24 bits per heavy atom. The lowest BCUT2D eigenvalue weighted by molar-refractivity contribution is 0.448. The van der Waals surface area contributed by atoms with Crippen molar-refractivity contribution in [3.8, 4) is 0 Å². The normalized spacial score (nSPS) is 11.8. The summed E-state index contributed by atoms with van der Waals surface area (Å²) < 4.78 is 38.5. The summed E-state index contributed by atoms with van der Waals surface area (Å²) in [6, 6.07) is 1.56. The zero-order chi connectivity index (χ0) is 13.0. The lowest BCUT2D eigenvalue weighted by Gasteiger charge is -2.10. The summed E-state index contributed by atoms with van der Waals surface area (Å²) in [7, 11) is 0. The van der Waals surface area contributed by atoms with Crippen LogP contribution < -0.4 is 16.6 Å². The highest BCUT2D eigenvalue weighted by atomic mass is 19.2. The van der Waals surface area contributed by atoms with Crippen LogP contribution in [0.4, 0.5) is 18.9 Å². The Labute approximate surface area is 96.7 Å². The van der Waals surface area contributed by atoms with E-state index in [4.69, 9.17) is 5.84 Å². The number of benzene rings is 1. The van der Waals surface area contributed by atoms with E-state index < -0.39 is 17.5 Å². The summed E-state index contributed by atoms with van der Waals surface area (Å²) in [6.07, 6.45) is 0. The second-order valence-electron chi connectivity index (χ2n) is 3.59. The van der Waals surface area contributed by atoms with Crippen LogP contribution in [0.5, 0.6) is 0 Å². The van der Waals surface area contributed by atoms with E-state index in [9.17, 15) is 13.2 Å². The third kappa shape index (κ3) is 3.63. The Morgan fingerprint density at radius 2 is 1.76 bits per heavy atom. The molecule has 17 heavy (non-hydrogen) atoms. The molecule has 1 aromatic carbocycles. The second-order valence-corrected chi connectivity index (χ2v) is 3.59. The first kappa shape index (κ1) is 13.3. The van der Waals surface area contributed by atoms with Crippen LogP contribution in [0, 0.1) is 17.5 Å². The van der Waals surface area contributed by atoms with Gasteiger partial charge in [-0.15, -0.1) is 0 Å². The van der Waals surface area contributed by atoms with Gasteiger partial charge in [0.1, 0.15) is 0 Å². The van der Waals surface area contributed by atoms with Gasteiger partial charge in [-0.2, -0.15) is 0 Å². The number of nitrogens with two attached hydrogens (primary N) is 1. The van der Waals surface area contributed by atoms with E-state index in [0.717, 1.165) is 12.1 Å². The minimum Gasteiger partial charge on any atom is -0.325 e. The van der Waals surface area contributed by atoms with Gasteiger partial charge >= 0.3 is 0 Å². The number of nitrogens with zero attached hydrogens (tertiary/aromatic N) is 1. The largest absolute Gasteiger partial charge is 0.325 e. The van der Waals surface area contributed by atoms with Gasteiger partial charge in [0.25, 0.3) is 0 Å². The topological polar surface area (TPSA) is 62.4 Å². The van der Waals surface area contributed by atoms with Crippen molar-refractivity contribution >= 4 is 11.6 Å². The summed E-state index contributed by atoms with van der Waals surface area (Å²) in [5.74, 6) is 1.22. The molecule has 0 saturated heterocycles. The lowest BCUT2D eigenvalue weighted by atomic mass is 10.3. The molecule has 1 rings (SSSR count). The minimum atomic E-state index is -1.52. The summed E-state index contributed by atoms with van der Waals surface area (Å²) in [6.45, 7) is 3.59. The average Bonchev–Trinajstić information content (AvgIpc) is 2.24. The number of guanidine groups is 1. The van der Waals surface area contributed by atoms with E-state index in [0.29, 0.717) is 0 Å². The number of hydrazine groups is 1. The molecule has 1 aromatic rings. The Bertz CT molecular complexity index is 409. The smallest absolute Gasteiger partial charge is 0.210 e. The molecule has 0 spiro atoms. The summed E-state index contributed by atoms with van der Waals surface area (Å²) >= 11 is 0. The van der Waals surface area contributed by atoms with Crippen LogP contribution in [-0.4, -0.2) is 12.0 Å². The number of hydrogen-bond acceptors (Lipinski definition) is 2. The molecule has 7 heteroatoms. The van der Waals surface area contributed by atoms with Crippen LogP contribution in [0.3, 0.4) is 0 Å². The Hall–Kier alpha value is -1.76. The maximum atomic E-state index is 12.9. The zero-order valence-corrected chi connectivity index (χ0v) is 9.39. The summed E-state index contributed by atoms with van der Waals surface area (Å²) in [4.78, 5) is 4.00. The highest BCUT2D eigenvalue weighted by molar-refractivity contribution is 5.93. The monoisotopic (exact) mass is 246 g/mol. The molecule has 4 nitrogen and oxygen atoms in total. The van der Waals surface area contributed by atoms with Crippen molar-refractivity contribution < 1.29 is 13.2 Å². The summed E-state index contributed by atoms with van der Waals surface area (Å²) in [5, 5.41) is 2.54. The van der Waals surface area contributed by atoms with Crippen molar-refractivity contribution in [2.45, 2.75) is 19.9 Å². The van der Waals surface area contributed by atoms with E-state index >= 15 is 0 Å². The Kier molecular flexibility index (Phi) is 4.33. The fourth-order valence-electron chi connectivity index (χ4n) is 1.13. The molecule has 0 aliphatic rings. The fraction of sp³-hybridized carbons (Fsp3) is 0.300. The molecule has 0 radical (unpaired) electrons. The molecule has 0 fully saturated rings. The molecule has 4 N–H and O–H groups in total. The molecular weight excluding hydrogens is 233 g/mol. The van der Waals surface area contributed by atoms with Gasteiger partial charge in [-0.05, 0) is 13.8 Å². The molecule has 0 saturated carbocycles. The Balaban J connectivity index is 2.95. The molecule has 94 valence electrons. The van der Waals surface area contributed by atoms with Crippen molar-refractivity contribution in [3.63, 3.8) is 0 Å². The standard InChI is InChI=1S/C10H13F3N4/c1-5(2)15-10(17-14)16-6-3-7(11)9(13)8(12)4-6/h3-5H,14H2,1-2H3,(H2,15,16,17). The van der Waals surface area contributed by atoms with Gasteiger partial charge < -0.3 is 5.32 Å². The fourth-order valence-corrected chi connectivity index (χ4v) is 1.13.